The van der Waals surface area contributed by atoms with Gasteiger partial charge in [-0.15, -0.1) is 0 Å². The van der Waals surface area contributed by atoms with Crippen molar-refractivity contribution in [1.29, 1.82) is 0 Å². The first kappa shape index (κ1) is 22.0. The molecule has 1 fully saturated rings. The molecule has 2 aliphatic rings. The van der Waals surface area contributed by atoms with Gasteiger partial charge in [0.15, 0.2) is 5.78 Å². The number of carbonyl (C=O) groups is 4. The first-order valence-electron chi connectivity index (χ1n) is 10.2. The molecule has 0 bridgehead atoms. The van der Waals surface area contributed by atoms with Crippen molar-refractivity contribution in [1.82, 2.24) is 10.0 Å². The third-order valence-corrected chi connectivity index (χ3v) is 5.75. The van der Waals surface area contributed by atoms with E-state index in [0.29, 0.717) is 22.9 Å². The van der Waals surface area contributed by atoms with Crippen molar-refractivity contribution in [3.05, 3.63) is 87.7 Å². The van der Waals surface area contributed by atoms with E-state index in [0.717, 1.165) is 18.2 Å². The summed E-state index contributed by atoms with van der Waals surface area (Å²) in [5.74, 6) is -4.92. The van der Waals surface area contributed by atoms with E-state index < -0.39 is 58.3 Å². The number of carbonyl (C=O) groups excluding carboxylic acids is 4. The van der Waals surface area contributed by atoms with E-state index in [4.69, 9.17) is 0 Å². The maximum Gasteiger partial charge on any atom is 0.282 e. The van der Waals surface area contributed by atoms with E-state index in [1.165, 1.54) is 30.3 Å². The first-order valence-corrected chi connectivity index (χ1v) is 10.2. The number of hydrazine groups is 1. The Morgan fingerprint density at radius 3 is 2.15 bits per heavy atom. The molecule has 168 valence electrons. The minimum absolute atomic E-state index is 0.0509. The number of halogens is 1. The molecule has 33 heavy (non-hydrogen) atoms. The zero-order valence-corrected chi connectivity index (χ0v) is 17.2. The second kappa shape index (κ2) is 8.73. The van der Waals surface area contributed by atoms with Crippen LogP contribution < -0.4 is 0 Å². The predicted octanol–water partition coefficient (Wildman–Crippen LogP) is 2.93. The van der Waals surface area contributed by atoms with Crippen molar-refractivity contribution in [3.8, 4) is 0 Å². The number of nitrogens with zero attached hydrogens (tertiary/aromatic N) is 3. The molecule has 0 radical (unpaired) electrons. The van der Waals surface area contributed by atoms with Gasteiger partial charge in [-0.3, -0.25) is 29.3 Å². The Balaban J connectivity index is 1.74. The number of nitro groups is 1. The lowest BCUT2D eigenvalue weighted by Crippen LogP contribution is -2.52. The lowest BCUT2D eigenvalue weighted by Gasteiger charge is -2.30. The Morgan fingerprint density at radius 2 is 1.58 bits per heavy atom. The summed E-state index contributed by atoms with van der Waals surface area (Å²) in [6, 6.07) is 9.62. The predicted molar refractivity (Wildman–Crippen MR) is 112 cm³/mol. The third-order valence-electron chi connectivity index (χ3n) is 5.75. The number of hydrogen-bond donors (Lipinski definition) is 0. The molecule has 0 aromatic heterocycles. The van der Waals surface area contributed by atoms with Gasteiger partial charge < -0.3 is 0 Å². The Bertz CT molecular complexity index is 1170. The van der Waals surface area contributed by atoms with E-state index >= 15 is 0 Å². The van der Waals surface area contributed by atoms with Gasteiger partial charge in [0.1, 0.15) is 17.9 Å². The van der Waals surface area contributed by atoms with Gasteiger partial charge in [0.05, 0.1) is 16.8 Å². The second-order valence-corrected chi connectivity index (χ2v) is 7.71. The highest BCUT2D eigenvalue weighted by Crippen LogP contribution is 2.36. The maximum absolute atomic E-state index is 13.4. The standard InChI is InChI=1S/C23H18FN3O6/c24-15-11-9-14(10-12-15)20(28)13-25(21(29)18-7-3-4-8-19(18)27(32)33)26-22(30)16-5-1-2-6-17(16)23(26)31/h1-4,7-12,16-17H,5-6,13H2/t16-,17+. The van der Waals surface area contributed by atoms with Crippen LogP contribution in [0.15, 0.2) is 60.7 Å². The van der Waals surface area contributed by atoms with Gasteiger partial charge in [-0.1, -0.05) is 24.3 Å². The molecule has 9 nitrogen and oxygen atoms in total. The quantitative estimate of drug-likeness (QED) is 0.219. The molecular weight excluding hydrogens is 433 g/mol. The van der Waals surface area contributed by atoms with Crippen LogP contribution in [0.2, 0.25) is 0 Å². The van der Waals surface area contributed by atoms with Gasteiger partial charge in [-0.25, -0.2) is 9.40 Å². The molecule has 0 saturated carbocycles. The molecule has 1 aliphatic carbocycles. The molecule has 2 aromatic carbocycles. The Labute approximate surface area is 187 Å². The number of benzene rings is 2. The molecule has 0 spiro atoms. The summed E-state index contributed by atoms with van der Waals surface area (Å²) in [6.45, 7) is -0.735. The SMILES string of the molecule is O=C(CN(C(=O)c1ccccc1[N+](=O)[O-])N1C(=O)[C@H]2CC=CC[C@H]2C1=O)c1ccc(F)cc1. The highest BCUT2D eigenvalue weighted by Gasteiger charge is 2.51. The summed E-state index contributed by atoms with van der Waals surface area (Å²) in [7, 11) is 0. The largest absolute Gasteiger partial charge is 0.292 e. The molecule has 10 heteroatoms. The van der Waals surface area contributed by atoms with E-state index in [2.05, 4.69) is 0 Å². The molecule has 4 rings (SSSR count). The number of amides is 3. The van der Waals surface area contributed by atoms with Crippen LogP contribution in [0, 0.1) is 27.8 Å². The number of nitro benzene ring substituents is 1. The molecular formula is C23H18FN3O6. The van der Waals surface area contributed by atoms with Crippen molar-refractivity contribution in [2.45, 2.75) is 12.8 Å². The maximum atomic E-state index is 13.4. The number of para-hydroxylation sites is 1. The van der Waals surface area contributed by atoms with Crippen LogP contribution in [0.4, 0.5) is 10.1 Å². The zero-order chi connectivity index (χ0) is 23.7. The smallest absolute Gasteiger partial charge is 0.282 e. The summed E-state index contributed by atoms with van der Waals surface area (Å²) in [6.07, 6.45) is 4.16. The number of imide groups is 1. The fourth-order valence-electron chi connectivity index (χ4n) is 4.07. The van der Waals surface area contributed by atoms with Gasteiger partial charge in [-0.05, 0) is 43.2 Å². The van der Waals surface area contributed by atoms with Crippen LogP contribution >= 0.6 is 0 Å². The summed E-state index contributed by atoms with van der Waals surface area (Å²) in [5.41, 5.74) is -0.849. The number of Topliss-reactive ketones (excluding diaryl/α,β-unsaturated/α-hetero) is 1. The van der Waals surface area contributed by atoms with E-state index in [1.807, 2.05) is 0 Å². The van der Waals surface area contributed by atoms with Gasteiger partial charge in [0, 0.05) is 11.6 Å². The summed E-state index contributed by atoms with van der Waals surface area (Å²) >= 11 is 0. The Hall–Kier alpha value is -4.21. The van der Waals surface area contributed by atoms with Gasteiger partial charge in [-0.2, -0.15) is 5.01 Å². The highest BCUT2D eigenvalue weighted by atomic mass is 19.1. The van der Waals surface area contributed by atoms with Crippen LogP contribution in [0.5, 0.6) is 0 Å². The average molecular weight is 451 g/mol. The minimum atomic E-state index is -1.04. The molecule has 2 atom stereocenters. The number of ketones is 1. The van der Waals surface area contributed by atoms with Crippen LogP contribution in [0.25, 0.3) is 0 Å². The van der Waals surface area contributed by atoms with E-state index in [-0.39, 0.29) is 11.1 Å². The average Bonchev–Trinajstić information content (AvgIpc) is 3.07. The van der Waals surface area contributed by atoms with Crippen molar-refractivity contribution in [2.75, 3.05) is 6.54 Å². The monoisotopic (exact) mass is 451 g/mol. The summed E-state index contributed by atoms with van der Waals surface area (Å²) < 4.78 is 13.3. The zero-order valence-electron chi connectivity index (χ0n) is 17.2. The Morgan fingerprint density at radius 1 is 1.00 bits per heavy atom. The molecule has 1 heterocycles. The Kier molecular flexibility index (Phi) is 5.82. The molecule has 1 saturated heterocycles. The third kappa shape index (κ3) is 4.02. The van der Waals surface area contributed by atoms with E-state index in [9.17, 15) is 33.7 Å². The van der Waals surface area contributed by atoms with Crippen molar-refractivity contribution in [2.24, 2.45) is 11.8 Å². The fourth-order valence-corrected chi connectivity index (χ4v) is 4.07. The second-order valence-electron chi connectivity index (χ2n) is 7.71. The summed E-state index contributed by atoms with van der Waals surface area (Å²) in [4.78, 5) is 63.2. The van der Waals surface area contributed by atoms with Crippen molar-refractivity contribution in [3.63, 3.8) is 0 Å². The molecule has 1 aliphatic heterocycles. The van der Waals surface area contributed by atoms with Crippen LogP contribution in [0.3, 0.4) is 0 Å². The highest BCUT2D eigenvalue weighted by molar-refractivity contribution is 6.10. The number of fused-ring (bicyclic) bond motifs is 1. The number of rotatable bonds is 6. The van der Waals surface area contributed by atoms with Crippen LogP contribution in [-0.4, -0.2) is 45.0 Å². The lowest BCUT2D eigenvalue weighted by molar-refractivity contribution is -0.385. The van der Waals surface area contributed by atoms with E-state index in [1.54, 1.807) is 12.2 Å². The minimum Gasteiger partial charge on any atom is -0.292 e. The van der Waals surface area contributed by atoms with Crippen LogP contribution in [-0.2, 0) is 9.59 Å². The molecule has 3 amide bonds. The van der Waals surface area contributed by atoms with Gasteiger partial charge in [0.2, 0.25) is 0 Å². The molecule has 2 aromatic rings. The van der Waals surface area contributed by atoms with Crippen molar-refractivity contribution < 1.29 is 28.5 Å². The summed E-state index contributed by atoms with van der Waals surface area (Å²) in [5, 5.41) is 12.8. The topological polar surface area (TPSA) is 118 Å². The van der Waals surface area contributed by atoms with Gasteiger partial charge in [0.25, 0.3) is 23.4 Å². The van der Waals surface area contributed by atoms with Crippen LogP contribution in [0.1, 0.15) is 33.6 Å². The normalized spacial score (nSPS) is 19.4. The first-order chi connectivity index (χ1) is 15.8. The number of hydrogen-bond acceptors (Lipinski definition) is 6. The van der Waals surface area contributed by atoms with Gasteiger partial charge >= 0.3 is 0 Å². The molecule has 0 N–H and O–H groups in total. The fraction of sp³-hybridized carbons (Fsp3) is 0.217. The molecule has 0 unspecified atom stereocenters. The number of allylic oxidation sites excluding steroid dienone is 2. The lowest BCUT2D eigenvalue weighted by atomic mass is 9.85. The van der Waals surface area contributed by atoms with Crippen molar-refractivity contribution >= 4 is 29.2 Å².